The average Bonchev–Trinajstić information content (AvgIpc) is 3.16. The summed E-state index contributed by atoms with van der Waals surface area (Å²) in [4.78, 5) is 19.7. The molecule has 7 rings (SSSR count). The molecule has 2 aromatic carbocycles. The number of nitrogens with zero attached hydrogens (tertiary/aromatic N) is 2. The van der Waals surface area contributed by atoms with Crippen molar-refractivity contribution in [1.29, 1.82) is 0 Å². The summed E-state index contributed by atoms with van der Waals surface area (Å²) < 4.78 is 16.3. The maximum absolute atomic E-state index is 13.2. The fourth-order valence-corrected chi connectivity index (χ4v) is 5.00. The van der Waals surface area contributed by atoms with Crippen LogP contribution >= 0.6 is 0 Å². The zero-order valence-corrected chi connectivity index (χ0v) is 16.3. The molecule has 3 aromatic rings. The first-order valence-electron chi connectivity index (χ1n) is 10.1. The number of rotatable bonds is 3. The minimum atomic E-state index is -0.420. The van der Waals surface area contributed by atoms with Crippen molar-refractivity contribution in [3.63, 3.8) is 0 Å². The van der Waals surface area contributed by atoms with E-state index in [-0.39, 0.29) is 18.7 Å². The number of aromatic nitrogens is 1. The fraction of sp³-hybridized carbons (Fsp3) is 0.250. The van der Waals surface area contributed by atoms with Crippen LogP contribution in [0, 0.1) is 6.92 Å². The monoisotopic (exact) mass is 398 g/mol. The first kappa shape index (κ1) is 16.3. The lowest BCUT2D eigenvalue weighted by Gasteiger charge is -2.37. The Hall–Kier alpha value is -3.54. The minimum Gasteiger partial charge on any atom is -0.488 e. The molecule has 1 aliphatic carbocycles. The molecule has 1 amide bonds. The molecule has 0 bridgehead atoms. The minimum absolute atomic E-state index is 0.115. The highest BCUT2D eigenvalue weighted by atomic mass is 16.7. The van der Waals surface area contributed by atoms with E-state index in [9.17, 15) is 4.79 Å². The van der Waals surface area contributed by atoms with Gasteiger partial charge in [-0.05, 0) is 60.4 Å². The normalized spacial score (nSPS) is 24.4. The molecule has 148 valence electrons. The first-order valence-corrected chi connectivity index (χ1v) is 10.1. The second-order valence-corrected chi connectivity index (χ2v) is 8.40. The Morgan fingerprint density at radius 2 is 1.90 bits per heavy atom. The molecule has 4 heterocycles. The van der Waals surface area contributed by atoms with E-state index in [1.165, 1.54) is 5.56 Å². The molecule has 0 N–H and O–H groups in total. The summed E-state index contributed by atoms with van der Waals surface area (Å²) in [5.74, 6) is 3.27. The quantitative estimate of drug-likeness (QED) is 0.629. The standard InChI is InChI=1S/C24H18N2O4/c1-13-6-22(25-10-17(13)14-2-4-18-15(7-14)11-28-18)26-21-9-24(21,23(26)27)16-3-5-19-20(8-16)30-12-29-19/h2-8,10,21H,9,11-12H2,1H3. The van der Waals surface area contributed by atoms with Crippen LogP contribution in [0.5, 0.6) is 17.2 Å². The maximum Gasteiger partial charge on any atom is 0.241 e. The average molecular weight is 398 g/mol. The van der Waals surface area contributed by atoms with Crippen molar-refractivity contribution in [3.05, 3.63) is 65.4 Å². The van der Waals surface area contributed by atoms with Gasteiger partial charge >= 0.3 is 0 Å². The van der Waals surface area contributed by atoms with Crippen LogP contribution in [0.1, 0.15) is 23.1 Å². The van der Waals surface area contributed by atoms with Gasteiger partial charge in [-0.1, -0.05) is 12.1 Å². The molecule has 6 heteroatoms. The highest BCUT2D eigenvalue weighted by Crippen LogP contribution is 2.62. The van der Waals surface area contributed by atoms with E-state index >= 15 is 0 Å². The van der Waals surface area contributed by atoms with Crippen molar-refractivity contribution in [3.8, 4) is 28.4 Å². The van der Waals surface area contributed by atoms with E-state index in [2.05, 4.69) is 24.0 Å². The fourth-order valence-electron chi connectivity index (χ4n) is 5.00. The molecule has 0 radical (unpaired) electrons. The number of ether oxygens (including phenoxy) is 3. The van der Waals surface area contributed by atoms with Crippen molar-refractivity contribution in [1.82, 2.24) is 4.98 Å². The second-order valence-electron chi connectivity index (χ2n) is 8.40. The first-order chi connectivity index (χ1) is 14.6. The number of aryl methyl sites for hydroxylation is 1. The van der Waals surface area contributed by atoms with E-state index in [1.54, 1.807) is 0 Å². The number of fused-ring (bicyclic) bond motifs is 3. The lowest BCUT2D eigenvalue weighted by atomic mass is 9.87. The topological polar surface area (TPSA) is 60.9 Å². The predicted molar refractivity (Wildman–Crippen MR) is 109 cm³/mol. The molecule has 1 aromatic heterocycles. The number of hydrogen-bond donors (Lipinski definition) is 0. The van der Waals surface area contributed by atoms with Gasteiger partial charge in [-0.15, -0.1) is 0 Å². The van der Waals surface area contributed by atoms with Crippen molar-refractivity contribution in [2.24, 2.45) is 0 Å². The third-order valence-electron chi connectivity index (χ3n) is 6.82. The molecule has 3 aliphatic heterocycles. The lowest BCUT2D eigenvalue weighted by Crippen LogP contribution is -2.55. The Bertz CT molecular complexity index is 1270. The van der Waals surface area contributed by atoms with Crippen LogP contribution < -0.4 is 19.1 Å². The van der Waals surface area contributed by atoms with Crippen LogP contribution in [-0.2, 0) is 16.8 Å². The van der Waals surface area contributed by atoms with E-state index in [4.69, 9.17) is 14.2 Å². The van der Waals surface area contributed by atoms with Gasteiger partial charge in [0, 0.05) is 17.3 Å². The van der Waals surface area contributed by atoms with Crippen molar-refractivity contribution in [2.45, 2.75) is 31.4 Å². The van der Waals surface area contributed by atoms with Crippen molar-refractivity contribution < 1.29 is 19.0 Å². The van der Waals surface area contributed by atoms with Crippen LogP contribution in [0.25, 0.3) is 11.1 Å². The number of amides is 1. The third-order valence-corrected chi connectivity index (χ3v) is 6.82. The van der Waals surface area contributed by atoms with E-state index in [0.29, 0.717) is 6.61 Å². The number of β-lactam (4-membered cyclic amide) rings is 1. The summed E-state index contributed by atoms with van der Waals surface area (Å²) in [5.41, 5.74) is 5.13. The predicted octanol–water partition coefficient (Wildman–Crippen LogP) is 3.74. The molecular formula is C24H18N2O4. The Morgan fingerprint density at radius 3 is 2.67 bits per heavy atom. The van der Waals surface area contributed by atoms with Gasteiger partial charge < -0.3 is 14.2 Å². The largest absolute Gasteiger partial charge is 0.488 e. The van der Waals surface area contributed by atoms with Gasteiger partial charge in [0.2, 0.25) is 12.7 Å². The summed E-state index contributed by atoms with van der Waals surface area (Å²) in [5, 5.41) is 0. The van der Waals surface area contributed by atoms with Crippen LogP contribution in [0.15, 0.2) is 48.7 Å². The molecule has 30 heavy (non-hydrogen) atoms. The molecule has 1 saturated heterocycles. The highest BCUT2D eigenvalue weighted by Gasteiger charge is 2.75. The van der Waals surface area contributed by atoms with Gasteiger partial charge in [-0.3, -0.25) is 9.69 Å². The van der Waals surface area contributed by atoms with Gasteiger partial charge in [0.25, 0.3) is 0 Å². The van der Waals surface area contributed by atoms with Crippen LogP contribution in [0.2, 0.25) is 0 Å². The van der Waals surface area contributed by atoms with Gasteiger partial charge in [0.05, 0.1) is 11.5 Å². The summed E-state index contributed by atoms with van der Waals surface area (Å²) in [6.07, 6.45) is 2.70. The highest BCUT2D eigenvalue weighted by molar-refractivity contribution is 6.14. The Kier molecular flexibility index (Phi) is 2.89. The molecular weight excluding hydrogens is 380 g/mol. The summed E-state index contributed by atoms with van der Waals surface area (Å²) in [6.45, 7) is 2.97. The third kappa shape index (κ3) is 1.93. The van der Waals surface area contributed by atoms with Crippen LogP contribution in [0.3, 0.4) is 0 Å². The number of hydrogen-bond acceptors (Lipinski definition) is 5. The molecule has 2 unspecified atom stereocenters. The second kappa shape index (κ2) is 5.33. The van der Waals surface area contributed by atoms with Gasteiger partial charge in [-0.25, -0.2) is 4.98 Å². The smallest absolute Gasteiger partial charge is 0.241 e. The van der Waals surface area contributed by atoms with E-state index in [0.717, 1.165) is 51.7 Å². The maximum atomic E-state index is 13.2. The molecule has 6 nitrogen and oxygen atoms in total. The lowest BCUT2D eigenvalue weighted by molar-refractivity contribution is -0.124. The Morgan fingerprint density at radius 1 is 1.03 bits per heavy atom. The van der Waals surface area contributed by atoms with Gasteiger partial charge in [-0.2, -0.15) is 0 Å². The van der Waals surface area contributed by atoms with E-state index < -0.39 is 5.41 Å². The van der Waals surface area contributed by atoms with Crippen LogP contribution in [-0.4, -0.2) is 23.7 Å². The number of carbonyl (C=O) groups is 1. The number of carbonyl (C=O) groups excluding carboxylic acids is 1. The molecule has 2 fully saturated rings. The molecule has 4 aliphatic rings. The number of pyridine rings is 1. The van der Waals surface area contributed by atoms with Crippen molar-refractivity contribution in [2.75, 3.05) is 11.7 Å². The molecule has 0 spiro atoms. The Labute approximate surface area is 173 Å². The zero-order valence-electron chi connectivity index (χ0n) is 16.3. The molecule has 2 atom stereocenters. The van der Waals surface area contributed by atoms with Gasteiger partial charge in [0.1, 0.15) is 18.2 Å². The molecule has 1 saturated carbocycles. The summed E-state index contributed by atoms with van der Waals surface area (Å²) in [6, 6.07) is 14.2. The SMILES string of the molecule is Cc1cc(N2C(=O)C3(c4ccc5c(c4)OCO5)CC23)ncc1-c1ccc2c(c1)CO2. The number of anilines is 1. The van der Waals surface area contributed by atoms with Gasteiger partial charge in [0.15, 0.2) is 11.5 Å². The van der Waals surface area contributed by atoms with E-state index in [1.807, 2.05) is 41.4 Å². The zero-order chi connectivity index (χ0) is 20.0. The van der Waals surface area contributed by atoms with Crippen LogP contribution in [0.4, 0.5) is 5.82 Å². The summed E-state index contributed by atoms with van der Waals surface area (Å²) in [7, 11) is 0. The number of benzene rings is 2. The van der Waals surface area contributed by atoms with Crippen molar-refractivity contribution >= 4 is 11.7 Å². The Balaban J connectivity index is 1.18. The summed E-state index contributed by atoms with van der Waals surface area (Å²) >= 11 is 0.